The zero-order valence-electron chi connectivity index (χ0n) is 12.0. The largest absolute Gasteiger partial charge is 0.457 e. The molecular weight excluding hydrogens is 288 g/mol. The third-order valence-electron chi connectivity index (χ3n) is 3.12. The van der Waals surface area contributed by atoms with Gasteiger partial charge in [-0.05, 0) is 42.3 Å². The number of aliphatic hydroxyl groups excluding tert-OH is 1. The van der Waals surface area contributed by atoms with E-state index in [4.69, 9.17) is 4.74 Å². The zero-order valence-corrected chi connectivity index (χ0v) is 12.8. The van der Waals surface area contributed by atoms with Crippen LogP contribution in [0, 0.1) is 0 Å². The third-order valence-corrected chi connectivity index (χ3v) is 4.23. The van der Waals surface area contributed by atoms with Crippen LogP contribution >= 0.6 is 0 Å². The molecule has 0 spiro atoms. The molecule has 2 aromatic carbocycles. The predicted octanol–water partition coefficient (Wildman–Crippen LogP) is 3.33. The van der Waals surface area contributed by atoms with E-state index in [1.165, 1.54) is 12.1 Å². The van der Waals surface area contributed by atoms with E-state index < -0.39 is 15.9 Å². The molecule has 2 rings (SSSR count). The Labute approximate surface area is 124 Å². The molecule has 0 amide bonds. The normalized spacial score (nSPS) is 12.9. The van der Waals surface area contributed by atoms with E-state index in [1.54, 1.807) is 36.4 Å². The molecule has 0 aliphatic rings. The molecule has 21 heavy (non-hydrogen) atoms. The van der Waals surface area contributed by atoms with Crippen LogP contribution in [0.1, 0.15) is 25.0 Å². The van der Waals surface area contributed by atoms with Gasteiger partial charge in [-0.3, -0.25) is 0 Å². The monoisotopic (exact) mass is 306 g/mol. The quantitative estimate of drug-likeness (QED) is 0.920. The van der Waals surface area contributed by atoms with Crippen molar-refractivity contribution in [2.75, 3.05) is 6.26 Å². The lowest BCUT2D eigenvalue weighted by Crippen LogP contribution is -1.97. The van der Waals surface area contributed by atoms with E-state index in [0.29, 0.717) is 17.9 Å². The Bertz CT molecular complexity index is 705. The van der Waals surface area contributed by atoms with Gasteiger partial charge in [0, 0.05) is 6.26 Å². The minimum absolute atomic E-state index is 0.220. The van der Waals surface area contributed by atoms with E-state index in [1.807, 2.05) is 6.92 Å². The predicted molar refractivity (Wildman–Crippen MR) is 81.3 cm³/mol. The van der Waals surface area contributed by atoms with Crippen LogP contribution in [0.2, 0.25) is 0 Å². The van der Waals surface area contributed by atoms with Crippen LogP contribution < -0.4 is 4.74 Å². The molecule has 1 atom stereocenters. The molecule has 5 heteroatoms. The van der Waals surface area contributed by atoms with Gasteiger partial charge in [0.2, 0.25) is 0 Å². The molecule has 4 nitrogen and oxygen atoms in total. The summed E-state index contributed by atoms with van der Waals surface area (Å²) in [5.41, 5.74) is 0.828. The standard InChI is InChI=1S/C16H18O4S/c1-3-16(17)12-7-9-13(10-8-12)20-14-5-4-6-15(11-14)21(2,18)19/h4-11,16-17H,3H2,1-2H3/t16-/m1/s1. The van der Waals surface area contributed by atoms with E-state index in [0.717, 1.165) is 11.8 Å². The number of ether oxygens (including phenoxy) is 1. The Morgan fingerprint density at radius 2 is 1.76 bits per heavy atom. The lowest BCUT2D eigenvalue weighted by atomic mass is 10.1. The van der Waals surface area contributed by atoms with Crippen molar-refractivity contribution in [1.82, 2.24) is 0 Å². The Morgan fingerprint density at radius 3 is 2.33 bits per heavy atom. The minimum Gasteiger partial charge on any atom is -0.457 e. The molecule has 0 bridgehead atoms. The van der Waals surface area contributed by atoms with Gasteiger partial charge in [-0.2, -0.15) is 0 Å². The van der Waals surface area contributed by atoms with Crippen molar-refractivity contribution in [3.63, 3.8) is 0 Å². The fourth-order valence-electron chi connectivity index (χ4n) is 1.90. The molecule has 0 fully saturated rings. The molecule has 0 radical (unpaired) electrons. The van der Waals surface area contributed by atoms with Gasteiger partial charge in [-0.15, -0.1) is 0 Å². The maximum atomic E-state index is 11.5. The number of aliphatic hydroxyl groups is 1. The summed E-state index contributed by atoms with van der Waals surface area (Å²) in [6.45, 7) is 1.91. The highest BCUT2D eigenvalue weighted by Gasteiger charge is 2.09. The van der Waals surface area contributed by atoms with Crippen LogP contribution in [0.4, 0.5) is 0 Å². The number of sulfone groups is 1. The average Bonchev–Trinajstić information content (AvgIpc) is 2.47. The van der Waals surface area contributed by atoms with E-state index in [9.17, 15) is 13.5 Å². The Hall–Kier alpha value is -1.85. The number of benzene rings is 2. The van der Waals surface area contributed by atoms with E-state index >= 15 is 0 Å². The van der Waals surface area contributed by atoms with Crippen LogP contribution in [0.5, 0.6) is 11.5 Å². The number of rotatable bonds is 5. The maximum absolute atomic E-state index is 11.5. The fraction of sp³-hybridized carbons (Fsp3) is 0.250. The highest BCUT2D eigenvalue weighted by molar-refractivity contribution is 7.90. The van der Waals surface area contributed by atoms with Crippen molar-refractivity contribution in [1.29, 1.82) is 0 Å². The number of hydrogen-bond acceptors (Lipinski definition) is 4. The lowest BCUT2D eigenvalue weighted by molar-refractivity contribution is 0.173. The highest BCUT2D eigenvalue weighted by Crippen LogP contribution is 2.26. The van der Waals surface area contributed by atoms with Crippen molar-refractivity contribution >= 4 is 9.84 Å². The Morgan fingerprint density at radius 1 is 1.10 bits per heavy atom. The molecule has 0 saturated carbocycles. The molecule has 0 aromatic heterocycles. The SMILES string of the molecule is CC[C@@H](O)c1ccc(Oc2cccc(S(C)(=O)=O)c2)cc1. The van der Waals surface area contributed by atoms with Gasteiger partial charge >= 0.3 is 0 Å². The fourth-order valence-corrected chi connectivity index (χ4v) is 2.55. The molecule has 112 valence electrons. The summed E-state index contributed by atoms with van der Waals surface area (Å²) in [6, 6.07) is 13.5. The average molecular weight is 306 g/mol. The van der Waals surface area contributed by atoms with Crippen LogP contribution in [0.25, 0.3) is 0 Å². The van der Waals surface area contributed by atoms with Gasteiger partial charge in [0.05, 0.1) is 11.0 Å². The number of hydrogen-bond donors (Lipinski definition) is 1. The first-order chi connectivity index (χ1) is 9.90. The van der Waals surface area contributed by atoms with Crippen molar-refractivity contribution in [2.24, 2.45) is 0 Å². The van der Waals surface area contributed by atoms with Crippen LogP contribution in [0.15, 0.2) is 53.4 Å². The zero-order chi connectivity index (χ0) is 15.5. The second-order valence-electron chi connectivity index (χ2n) is 4.84. The molecule has 0 heterocycles. The summed E-state index contributed by atoms with van der Waals surface area (Å²) in [6.07, 6.45) is 1.33. The first-order valence-electron chi connectivity index (χ1n) is 6.66. The van der Waals surface area contributed by atoms with E-state index in [-0.39, 0.29) is 4.90 Å². The second-order valence-corrected chi connectivity index (χ2v) is 6.86. The first kappa shape index (κ1) is 15.5. The van der Waals surface area contributed by atoms with Crippen LogP contribution in [-0.4, -0.2) is 19.8 Å². The van der Waals surface area contributed by atoms with Crippen molar-refractivity contribution in [3.05, 3.63) is 54.1 Å². The minimum atomic E-state index is -3.25. The molecule has 0 unspecified atom stereocenters. The van der Waals surface area contributed by atoms with Crippen molar-refractivity contribution in [3.8, 4) is 11.5 Å². The maximum Gasteiger partial charge on any atom is 0.175 e. The molecule has 1 N–H and O–H groups in total. The molecule has 0 aliphatic carbocycles. The summed E-state index contributed by atoms with van der Waals surface area (Å²) in [7, 11) is -3.25. The summed E-state index contributed by atoms with van der Waals surface area (Å²) in [5.74, 6) is 1.05. The Kier molecular flexibility index (Phi) is 4.65. The van der Waals surface area contributed by atoms with E-state index in [2.05, 4.69) is 0 Å². The van der Waals surface area contributed by atoms with Crippen LogP contribution in [-0.2, 0) is 9.84 Å². The summed E-state index contributed by atoms with van der Waals surface area (Å²) >= 11 is 0. The molecule has 2 aromatic rings. The van der Waals surface area contributed by atoms with Gasteiger partial charge in [0.15, 0.2) is 9.84 Å². The molecule has 0 saturated heterocycles. The topological polar surface area (TPSA) is 63.6 Å². The van der Waals surface area contributed by atoms with Gasteiger partial charge in [0.1, 0.15) is 11.5 Å². The third kappa shape index (κ3) is 4.06. The van der Waals surface area contributed by atoms with Crippen molar-refractivity contribution < 1.29 is 18.3 Å². The smallest absolute Gasteiger partial charge is 0.175 e. The highest BCUT2D eigenvalue weighted by atomic mass is 32.2. The Balaban J connectivity index is 2.19. The van der Waals surface area contributed by atoms with Crippen molar-refractivity contribution in [2.45, 2.75) is 24.3 Å². The second kappa shape index (κ2) is 6.28. The van der Waals surface area contributed by atoms with Gasteiger partial charge < -0.3 is 9.84 Å². The molecule has 0 aliphatic heterocycles. The first-order valence-corrected chi connectivity index (χ1v) is 8.55. The van der Waals surface area contributed by atoms with Gasteiger partial charge in [-0.25, -0.2) is 8.42 Å². The summed E-state index contributed by atoms with van der Waals surface area (Å²) < 4.78 is 28.7. The lowest BCUT2D eigenvalue weighted by Gasteiger charge is -2.10. The summed E-state index contributed by atoms with van der Waals surface area (Å²) in [4.78, 5) is 0.220. The summed E-state index contributed by atoms with van der Waals surface area (Å²) in [5, 5.41) is 9.73. The van der Waals surface area contributed by atoms with Gasteiger partial charge in [-0.1, -0.05) is 25.1 Å². The van der Waals surface area contributed by atoms with Crippen LogP contribution in [0.3, 0.4) is 0 Å². The molecular formula is C16H18O4S. The van der Waals surface area contributed by atoms with Gasteiger partial charge in [0.25, 0.3) is 0 Å².